The van der Waals surface area contributed by atoms with E-state index in [4.69, 9.17) is 18.6 Å². The smallest absolute Gasteiger partial charge is 0.354 e. The predicted octanol–water partition coefficient (Wildman–Crippen LogP) is 1.04. The van der Waals surface area contributed by atoms with Crippen LogP contribution in [-0.4, -0.2) is 31.4 Å². The van der Waals surface area contributed by atoms with Crippen LogP contribution in [0.5, 0.6) is 5.75 Å². The molecule has 6 heteroatoms. The van der Waals surface area contributed by atoms with Crippen LogP contribution in [0.25, 0.3) is 11.0 Å². The molecule has 1 aliphatic heterocycles. The summed E-state index contributed by atoms with van der Waals surface area (Å²) >= 11 is 0. The highest BCUT2D eigenvalue weighted by Gasteiger charge is 2.45. The van der Waals surface area contributed by atoms with E-state index in [-0.39, 0.29) is 0 Å². The molecule has 1 aromatic carbocycles. The number of rotatable bonds is 2. The van der Waals surface area contributed by atoms with Crippen molar-refractivity contribution in [3.05, 3.63) is 40.2 Å². The summed E-state index contributed by atoms with van der Waals surface area (Å²) < 4.78 is 21.0. The second-order valence-corrected chi connectivity index (χ2v) is 4.59. The molecule has 1 N–H and O–H groups in total. The molecule has 1 aromatic heterocycles. The minimum absolute atomic E-state index is 0.312. The maximum atomic E-state index is 11.2. The summed E-state index contributed by atoms with van der Waals surface area (Å²) in [6, 6.07) is 6.43. The Morgan fingerprint density at radius 3 is 2.75 bits per heavy atom. The van der Waals surface area contributed by atoms with Crippen LogP contribution >= 0.6 is 0 Å². The van der Waals surface area contributed by atoms with E-state index in [2.05, 4.69) is 0 Å². The van der Waals surface area contributed by atoms with Gasteiger partial charge in [-0.1, -0.05) is 0 Å². The highest BCUT2D eigenvalue weighted by Crippen LogP contribution is 2.36. The van der Waals surface area contributed by atoms with Crippen LogP contribution in [0, 0.1) is 0 Å². The zero-order valence-corrected chi connectivity index (χ0v) is 11.1. The fraction of sp³-hybridized carbons (Fsp3) is 0.357. The summed E-state index contributed by atoms with van der Waals surface area (Å²) in [5, 5.41) is 10.9. The third-order valence-electron chi connectivity index (χ3n) is 3.45. The maximum Gasteiger partial charge on any atom is 0.354 e. The topological polar surface area (TPSA) is 78.1 Å². The molecule has 1 atom stereocenters. The minimum atomic E-state index is -1.55. The highest BCUT2D eigenvalue weighted by molar-refractivity contribution is 5.79. The number of fused-ring (bicyclic) bond motifs is 2. The molecule has 0 bridgehead atoms. The summed E-state index contributed by atoms with van der Waals surface area (Å²) in [6.07, 6.45) is -0.648. The fourth-order valence-corrected chi connectivity index (χ4v) is 2.39. The van der Waals surface area contributed by atoms with E-state index >= 15 is 0 Å². The lowest BCUT2D eigenvalue weighted by molar-refractivity contribution is -0.366. The Hall–Kier alpha value is -1.89. The zero-order chi connectivity index (χ0) is 14.3. The Morgan fingerprint density at radius 2 is 2.05 bits per heavy atom. The zero-order valence-electron chi connectivity index (χ0n) is 11.1. The summed E-state index contributed by atoms with van der Waals surface area (Å²) in [5.41, 5.74) is 0.773. The number of aliphatic hydroxyl groups is 1. The molecule has 0 unspecified atom stereocenters. The molecule has 0 fully saturated rings. The lowest BCUT2D eigenvalue weighted by atomic mass is 10.00. The van der Waals surface area contributed by atoms with Crippen LogP contribution in [-0.2, 0) is 15.9 Å². The molecule has 20 heavy (non-hydrogen) atoms. The molecule has 0 spiro atoms. The molecule has 106 valence electrons. The van der Waals surface area contributed by atoms with Gasteiger partial charge in [0.25, 0.3) is 0 Å². The average molecular weight is 278 g/mol. The van der Waals surface area contributed by atoms with Gasteiger partial charge in [0.1, 0.15) is 11.3 Å². The fourth-order valence-electron chi connectivity index (χ4n) is 2.39. The van der Waals surface area contributed by atoms with Gasteiger partial charge in [0.05, 0.1) is 0 Å². The Balaban J connectivity index is 2.14. The summed E-state index contributed by atoms with van der Waals surface area (Å²) in [4.78, 5) is 11.2. The molecule has 0 aliphatic carbocycles. The third-order valence-corrected chi connectivity index (χ3v) is 3.45. The molecule has 0 saturated carbocycles. The molecule has 0 radical (unpaired) electrons. The van der Waals surface area contributed by atoms with E-state index in [0.717, 1.165) is 10.9 Å². The van der Waals surface area contributed by atoms with Crippen molar-refractivity contribution in [3.8, 4) is 5.75 Å². The van der Waals surface area contributed by atoms with Crippen molar-refractivity contribution in [1.82, 2.24) is 0 Å². The number of aliphatic hydroxyl groups excluding tert-OH is 1. The van der Waals surface area contributed by atoms with E-state index < -0.39 is 17.7 Å². The van der Waals surface area contributed by atoms with E-state index in [1.54, 1.807) is 12.1 Å². The van der Waals surface area contributed by atoms with E-state index in [0.29, 0.717) is 17.8 Å². The number of benzene rings is 1. The molecule has 3 rings (SSSR count). The largest absolute Gasteiger partial charge is 0.437 e. The Bertz CT molecular complexity index is 700. The van der Waals surface area contributed by atoms with Gasteiger partial charge in [0, 0.05) is 38.2 Å². The number of methoxy groups -OCH3 is 2. The first-order valence-corrected chi connectivity index (χ1v) is 6.12. The lowest BCUT2D eigenvalue weighted by Gasteiger charge is -2.38. The molecule has 0 amide bonds. The van der Waals surface area contributed by atoms with Gasteiger partial charge in [-0.25, -0.2) is 4.79 Å². The van der Waals surface area contributed by atoms with Crippen LogP contribution in [0.1, 0.15) is 5.56 Å². The molecule has 2 aromatic rings. The predicted molar refractivity (Wildman–Crippen MR) is 69.6 cm³/mol. The molecule has 6 nitrogen and oxygen atoms in total. The van der Waals surface area contributed by atoms with E-state index in [1.807, 2.05) is 6.07 Å². The van der Waals surface area contributed by atoms with Crippen molar-refractivity contribution in [2.75, 3.05) is 14.2 Å². The normalized spacial score (nSPS) is 20.4. The number of ether oxygens (including phenoxy) is 3. The SMILES string of the molecule is COC1(OC)Oc2cc3oc(=O)ccc3cc2C[C@@H]1O. The van der Waals surface area contributed by atoms with Crippen LogP contribution in [0.15, 0.2) is 33.5 Å². The minimum Gasteiger partial charge on any atom is -0.437 e. The monoisotopic (exact) mass is 278 g/mol. The van der Waals surface area contributed by atoms with Crippen LogP contribution in [0.3, 0.4) is 0 Å². The van der Waals surface area contributed by atoms with Crippen LogP contribution < -0.4 is 10.4 Å². The van der Waals surface area contributed by atoms with Crippen molar-refractivity contribution in [2.45, 2.75) is 18.5 Å². The van der Waals surface area contributed by atoms with Crippen molar-refractivity contribution >= 4 is 11.0 Å². The van der Waals surface area contributed by atoms with Gasteiger partial charge in [0.15, 0.2) is 6.10 Å². The van der Waals surface area contributed by atoms with Gasteiger partial charge in [-0.15, -0.1) is 0 Å². The molecular weight excluding hydrogens is 264 g/mol. The molecule has 0 saturated heterocycles. The second kappa shape index (κ2) is 4.59. The summed E-state index contributed by atoms with van der Waals surface area (Å²) in [7, 11) is 2.78. The van der Waals surface area contributed by atoms with Gasteiger partial charge >= 0.3 is 11.6 Å². The molecule has 1 aliphatic rings. The van der Waals surface area contributed by atoms with Gasteiger partial charge in [0.2, 0.25) is 0 Å². The average Bonchev–Trinajstić information content (AvgIpc) is 2.45. The standard InChI is InChI=1S/C14H14O6/c1-17-14(18-2)12(15)6-9-5-8-3-4-13(16)19-10(8)7-11(9)20-14/h3-5,7,12,15H,6H2,1-2H3/t12-/m0/s1. The molecule has 2 heterocycles. The van der Waals surface area contributed by atoms with Crippen molar-refractivity contribution in [3.63, 3.8) is 0 Å². The Kier molecular flexibility index (Phi) is 3.01. The molecular formula is C14H14O6. The van der Waals surface area contributed by atoms with Crippen LogP contribution in [0.4, 0.5) is 0 Å². The third kappa shape index (κ3) is 1.89. The maximum absolute atomic E-state index is 11.2. The highest BCUT2D eigenvalue weighted by atomic mass is 16.9. The van der Waals surface area contributed by atoms with Gasteiger partial charge in [-0.05, 0) is 17.7 Å². The first-order chi connectivity index (χ1) is 9.58. The second-order valence-electron chi connectivity index (χ2n) is 4.59. The summed E-state index contributed by atoms with van der Waals surface area (Å²) in [5.74, 6) is -1.09. The van der Waals surface area contributed by atoms with Crippen LogP contribution in [0.2, 0.25) is 0 Å². The van der Waals surface area contributed by atoms with E-state index in [9.17, 15) is 9.90 Å². The first kappa shape index (κ1) is 13.1. The Labute approximate surface area is 114 Å². The number of hydrogen-bond acceptors (Lipinski definition) is 6. The van der Waals surface area contributed by atoms with Crippen molar-refractivity contribution in [2.24, 2.45) is 0 Å². The van der Waals surface area contributed by atoms with Gasteiger partial charge < -0.3 is 23.7 Å². The number of hydrogen-bond donors (Lipinski definition) is 1. The van der Waals surface area contributed by atoms with Crippen molar-refractivity contribution in [1.29, 1.82) is 0 Å². The lowest BCUT2D eigenvalue weighted by Crippen LogP contribution is -2.54. The van der Waals surface area contributed by atoms with Gasteiger partial charge in [-0.2, -0.15) is 0 Å². The van der Waals surface area contributed by atoms with Crippen molar-refractivity contribution < 1.29 is 23.7 Å². The summed E-state index contributed by atoms with van der Waals surface area (Å²) in [6.45, 7) is 0. The van der Waals surface area contributed by atoms with Gasteiger partial charge in [-0.3, -0.25) is 0 Å². The quantitative estimate of drug-likeness (QED) is 0.653. The first-order valence-electron chi connectivity index (χ1n) is 6.12. The Morgan fingerprint density at radius 1 is 1.30 bits per heavy atom. The van der Waals surface area contributed by atoms with E-state index in [1.165, 1.54) is 20.3 Å².